The van der Waals surface area contributed by atoms with Crippen LogP contribution in [0.15, 0.2) is 0 Å². The highest BCUT2D eigenvalue weighted by molar-refractivity contribution is 7.87. The van der Waals surface area contributed by atoms with E-state index in [-0.39, 0.29) is 0 Å². The molecule has 0 amide bonds. The third kappa shape index (κ3) is 17.1. The van der Waals surface area contributed by atoms with E-state index in [2.05, 4.69) is 13.8 Å². The van der Waals surface area contributed by atoms with Crippen molar-refractivity contribution >= 4 is 44.1 Å². The molecule has 0 heterocycles. The van der Waals surface area contributed by atoms with Crippen LogP contribution in [0.2, 0.25) is 0 Å². The summed E-state index contributed by atoms with van der Waals surface area (Å²) in [7, 11) is -9.68. The van der Waals surface area contributed by atoms with Gasteiger partial charge in [0.05, 0.1) is 12.8 Å². The van der Waals surface area contributed by atoms with Crippen LogP contribution in [0, 0.1) is 0 Å². The number of hydrogen-bond acceptors (Lipinski definition) is 8. The Bertz CT molecular complexity index is 672. The van der Waals surface area contributed by atoms with Gasteiger partial charge in [0.25, 0.3) is 20.2 Å². The Kier molecular flexibility index (Phi) is 15.0. The molecular weight excluding hydrogens is 432 g/mol. The van der Waals surface area contributed by atoms with E-state index in [0.29, 0.717) is 0 Å². The lowest BCUT2D eigenvalue weighted by molar-refractivity contribution is -0.143. The van der Waals surface area contributed by atoms with Gasteiger partial charge in [-0.1, -0.05) is 26.7 Å². The first kappa shape index (κ1) is 30.4. The molecule has 0 aliphatic heterocycles. The van der Waals surface area contributed by atoms with Gasteiger partial charge in [-0.25, -0.2) is 0 Å². The van der Waals surface area contributed by atoms with E-state index >= 15 is 0 Å². The van der Waals surface area contributed by atoms with Crippen molar-refractivity contribution in [2.45, 2.75) is 50.0 Å². The second-order valence-electron chi connectivity index (χ2n) is 4.88. The SMILES string of the molecule is CCCC.O=C(O)CC(C(=O)O)S(=O)(=O)O.O=C(O)CC(C(=O)O)S(=O)(=O)O. The van der Waals surface area contributed by atoms with Crippen molar-refractivity contribution in [2.24, 2.45) is 0 Å². The van der Waals surface area contributed by atoms with Gasteiger partial charge in [0.2, 0.25) is 0 Å². The largest absolute Gasteiger partial charge is 0.481 e. The van der Waals surface area contributed by atoms with Gasteiger partial charge >= 0.3 is 23.9 Å². The van der Waals surface area contributed by atoms with Gasteiger partial charge in [-0.3, -0.25) is 28.3 Å². The van der Waals surface area contributed by atoms with Crippen molar-refractivity contribution in [3.8, 4) is 0 Å². The summed E-state index contributed by atoms with van der Waals surface area (Å²) < 4.78 is 57.3. The predicted molar refractivity (Wildman–Crippen MR) is 91.0 cm³/mol. The number of hydrogen-bond donors (Lipinski definition) is 6. The molecule has 14 nitrogen and oxygen atoms in total. The Morgan fingerprint density at radius 1 is 0.643 bits per heavy atom. The maximum Gasteiger partial charge on any atom is 0.325 e. The summed E-state index contributed by atoms with van der Waals surface area (Å²) in [4.78, 5) is 40.0. The van der Waals surface area contributed by atoms with Crippen molar-refractivity contribution in [1.29, 1.82) is 0 Å². The average molecular weight is 454 g/mol. The van der Waals surface area contributed by atoms with E-state index in [4.69, 9.17) is 29.5 Å². The zero-order valence-electron chi connectivity index (χ0n) is 14.7. The maximum atomic E-state index is 10.2. The topological polar surface area (TPSA) is 258 Å². The molecule has 0 saturated heterocycles. The molecule has 0 aromatic heterocycles. The van der Waals surface area contributed by atoms with Gasteiger partial charge < -0.3 is 20.4 Å². The molecule has 0 aliphatic carbocycles. The zero-order chi connectivity index (χ0) is 23.3. The molecule has 0 fully saturated rings. The number of carboxylic acids is 4. The predicted octanol–water partition coefficient (Wildman–Crippen LogP) is -0.589. The van der Waals surface area contributed by atoms with E-state index in [1.165, 1.54) is 12.8 Å². The molecular formula is C12H22O14S2. The maximum absolute atomic E-state index is 10.2. The van der Waals surface area contributed by atoms with Gasteiger partial charge in [-0.2, -0.15) is 16.8 Å². The standard InChI is InChI=1S/2C4H6O7S.C4H10/c2*5-3(6)1-2(4(7)8)12(9,10)11;1-3-4-2/h2*2H,1H2,(H,5,6)(H,7,8)(H,9,10,11);3-4H2,1-2H3. The van der Waals surface area contributed by atoms with Gasteiger partial charge in [0.15, 0.2) is 10.5 Å². The average Bonchev–Trinajstić information content (AvgIpc) is 2.48. The molecule has 2 atom stereocenters. The number of aliphatic carboxylic acids is 4. The Hall–Kier alpha value is -2.30. The third-order valence-corrected chi connectivity index (χ3v) is 4.66. The molecule has 0 bridgehead atoms. The van der Waals surface area contributed by atoms with Crippen LogP contribution in [-0.2, 0) is 39.4 Å². The zero-order valence-corrected chi connectivity index (χ0v) is 16.4. The highest BCUT2D eigenvalue weighted by Gasteiger charge is 2.33. The van der Waals surface area contributed by atoms with E-state index in [0.717, 1.165) is 0 Å². The Morgan fingerprint density at radius 2 is 0.857 bits per heavy atom. The van der Waals surface area contributed by atoms with E-state index in [1.807, 2.05) is 0 Å². The van der Waals surface area contributed by atoms with E-state index < -0.39 is 67.5 Å². The van der Waals surface area contributed by atoms with Crippen molar-refractivity contribution < 1.29 is 65.5 Å². The molecule has 2 unspecified atom stereocenters. The highest BCUT2D eigenvalue weighted by atomic mass is 32.2. The molecule has 28 heavy (non-hydrogen) atoms. The smallest absolute Gasteiger partial charge is 0.325 e. The van der Waals surface area contributed by atoms with Crippen LogP contribution in [0.4, 0.5) is 0 Å². The second-order valence-corrected chi connectivity index (χ2v) is 8.08. The molecule has 0 radical (unpaired) electrons. The summed E-state index contributed by atoms with van der Waals surface area (Å²) in [6.07, 6.45) is 0.322. The van der Waals surface area contributed by atoms with Crippen LogP contribution >= 0.6 is 0 Å². The fraction of sp³-hybridized carbons (Fsp3) is 0.667. The lowest BCUT2D eigenvalue weighted by atomic mass is 10.3. The second kappa shape index (κ2) is 13.8. The van der Waals surface area contributed by atoms with Crippen molar-refractivity contribution in [3.05, 3.63) is 0 Å². The summed E-state index contributed by atoms with van der Waals surface area (Å²) in [5.41, 5.74) is 0. The van der Waals surface area contributed by atoms with Crippen LogP contribution in [0.1, 0.15) is 39.5 Å². The third-order valence-electron chi connectivity index (χ3n) is 2.49. The lowest BCUT2D eigenvalue weighted by Gasteiger charge is -2.04. The van der Waals surface area contributed by atoms with Crippen LogP contribution < -0.4 is 0 Å². The van der Waals surface area contributed by atoms with Gasteiger partial charge in [-0.05, 0) is 0 Å². The molecule has 0 spiro atoms. The number of unbranched alkanes of at least 4 members (excludes halogenated alkanes) is 1. The summed E-state index contributed by atoms with van der Waals surface area (Å²) in [5.74, 6) is -7.00. The molecule has 0 aliphatic rings. The Morgan fingerprint density at radius 3 is 0.893 bits per heavy atom. The first-order chi connectivity index (χ1) is 12.4. The number of carbonyl (C=O) groups is 4. The fourth-order valence-electron chi connectivity index (χ4n) is 0.957. The minimum absolute atomic E-state index is 1.16. The summed E-state index contributed by atoms with van der Waals surface area (Å²) in [5, 5.41) is 27.8. The van der Waals surface area contributed by atoms with Gasteiger partial charge in [-0.15, -0.1) is 0 Å². The minimum atomic E-state index is -4.84. The summed E-state index contributed by atoms with van der Waals surface area (Å²) >= 11 is 0. The number of carboxylic acid groups (broad SMARTS) is 4. The Labute approximate surface area is 160 Å². The first-order valence-electron chi connectivity index (χ1n) is 7.23. The summed E-state index contributed by atoms with van der Waals surface area (Å²) in [6, 6.07) is 0. The molecule has 6 N–H and O–H groups in total. The van der Waals surface area contributed by atoms with Gasteiger partial charge in [0.1, 0.15) is 0 Å². The molecule has 16 heteroatoms. The van der Waals surface area contributed by atoms with Crippen molar-refractivity contribution in [1.82, 2.24) is 0 Å². The normalized spacial score (nSPS) is 12.9. The van der Waals surface area contributed by atoms with Gasteiger partial charge in [0, 0.05) is 0 Å². The van der Waals surface area contributed by atoms with Crippen molar-refractivity contribution in [2.75, 3.05) is 0 Å². The molecule has 0 saturated carbocycles. The van der Waals surface area contributed by atoms with Crippen LogP contribution in [0.25, 0.3) is 0 Å². The molecule has 166 valence electrons. The summed E-state index contributed by atoms with van der Waals surface area (Å²) in [6.45, 7) is 4.36. The van der Waals surface area contributed by atoms with Crippen LogP contribution in [-0.4, -0.2) is 80.7 Å². The number of rotatable bonds is 9. The first-order valence-corrected chi connectivity index (χ1v) is 10.2. The van der Waals surface area contributed by atoms with Crippen LogP contribution in [0.3, 0.4) is 0 Å². The Balaban J connectivity index is -0.000000375. The van der Waals surface area contributed by atoms with Crippen LogP contribution in [0.5, 0.6) is 0 Å². The molecule has 0 rings (SSSR count). The molecule has 0 aromatic rings. The fourth-order valence-corrected chi connectivity index (χ4v) is 2.17. The van der Waals surface area contributed by atoms with E-state index in [1.54, 1.807) is 0 Å². The lowest BCUT2D eigenvalue weighted by Crippen LogP contribution is -2.31. The molecule has 0 aromatic carbocycles. The highest BCUT2D eigenvalue weighted by Crippen LogP contribution is 2.05. The van der Waals surface area contributed by atoms with Crippen molar-refractivity contribution in [3.63, 3.8) is 0 Å². The minimum Gasteiger partial charge on any atom is -0.481 e. The monoisotopic (exact) mass is 454 g/mol. The van der Waals surface area contributed by atoms with E-state index in [9.17, 15) is 36.0 Å². The quantitative estimate of drug-likeness (QED) is 0.238.